The summed E-state index contributed by atoms with van der Waals surface area (Å²) in [6.45, 7) is 15.3. The van der Waals surface area contributed by atoms with Crippen LogP contribution in [-0.4, -0.2) is 36.7 Å². The molecule has 2 N–H and O–H groups in total. The van der Waals surface area contributed by atoms with E-state index in [9.17, 15) is 14.7 Å². The summed E-state index contributed by atoms with van der Waals surface area (Å²) in [6.07, 6.45) is 2.99. The van der Waals surface area contributed by atoms with Gasteiger partial charge in [-0.25, -0.2) is 4.79 Å². The van der Waals surface area contributed by atoms with Crippen LogP contribution in [0, 0.1) is 0 Å². The third-order valence-electron chi connectivity index (χ3n) is 9.61. The molecule has 9 heteroatoms. The summed E-state index contributed by atoms with van der Waals surface area (Å²) in [5, 5.41) is 16.1. The van der Waals surface area contributed by atoms with Gasteiger partial charge in [-0.1, -0.05) is 64.4 Å². The number of aliphatic hydroxyl groups excluding tert-OH is 1. The number of nitrogens with one attached hydrogen (secondary N) is 1. The summed E-state index contributed by atoms with van der Waals surface area (Å²) >= 11 is 6.01. The quantitative estimate of drug-likeness (QED) is 0.175. The molecule has 1 heterocycles. The molecule has 46 heavy (non-hydrogen) atoms. The summed E-state index contributed by atoms with van der Waals surface area (Å²) < 4.78 is 7.69. The molecule has 1 aromatic heterocycles. The molecule has 0 aliphatic heterocycles. The maximum absolute atomic E-state index is 13.3. The van der Waals surface area contributed by atoms with Gasteiger partial charge >= 0.3 is 5.97 Å². The van der Waals surface area contributed by atoms with Crippen molar-refractivity contribution < 1.29 is 19.2 Å². The van der Waals surface area contributed by atoms with Gasteiger partial charge in [0.2, 0.25) is 0 Å². The molecule has 5 rings (SSSR count). The van der Waals surface area contributed by atoms with E-state index in [2.05, 4.69) is 65.2 Å². The molecule has 1 aliphatic carbocycles. The first kappa shape index (κ1) is 33.9. The van der Waals surface area contributed by atoms with Crippen LogP contribution >= 0.6 is 11.6 Å². The van der Waals surface area contributed by atoms with Crippen molar-refractivity contribution >= 4 is 36.8 Å². The minimum Gasteiger partial charge on any atom is -0.542 e. The lowest BCUT2D eigenvalue weighted by Crippen LogP contribution is -2.44. The van der Waals surface area contributed by atoms with Crippen LogP contribution in [0.3, 0.4) is 0 Å². The Morgan fingerprint density at radius 3 is 2.17 bits per heavy atom. The van der Waals surface area contributed by atoms with Crippen LogP contribution in [0.15, 0.2) is 65.5 Å². The molecule has 1 atom stereocenters. The van der Waals surface area contributed by atoms with Crippen molar-refractivity contribution in [1.82, 2.24) is 10.0 Å². The van der Waals surface area contributed by atoms with Crippen LogP contribution in [0.2, 0.25) is 23.2 Å². The summed E-state index contributed by atoms with van der Waals surface area (Å²) in [7, 11) is -2.38. The maximum Gasteiger partial charge on any atom is 0.363 e. The Balaban J connectivity index is 1.48. The number of pyridine rings is 1. The molecular formula is C37H45ClN2O5Si. The van der Waals surface area contributed by atoms with E-state index in [1.165, 1.54) is 28.3 Å². The lowest BCUT2D eigenvalue weighted by molar-refractivity contribution is 0.0465. The second-order valence-electron chi connectivity index (χ2n) is 13.8. The molecule has 0 unspecified atom stereocenters. The average molecular weight is 661 g/mol. The van der Waals surface area contributed by atoms with E-state index >= 15 is 0 Å². The fourth-order valence-corrected chi connectivity index (χ4v) is 7.05. The predicted octanol–water partition coefficient (Wildman–Crippen LogP) is 7.22. The zero-order chi connectivity index (χ0) is 33.4. The van der Waals surface area contributed by atoms with Crippen LogP contribution in [0.4, 0.5) is 0 Å². The number of rotatable bonds is 10. The highest BCUT2D eigenvalue weighted by Gasteiger charge is 2.40. The van der Waals surface area contributed by atoms with Crippen LogP contribution in [-0.2, 0) is 25.7 Å². The Kier molecular flexibility index (Phi) is 9.85. The lowest BCUT2D eigenvalue weighted by Gasteiger charge is -2.37. The molecule has 0 amide bonds. The Labute approximate surface area is 277 Å². The van der Waals surface area contributed by atoms with Gasteiger partial charge < -0.3 is 19.7 Å². The number of fused-ring (bicyclic) bond motifs is 2. The summed E-state index contributed by atoms with van der Waals surface area (Å²) in [4.78, 5) is 32.2. The highest BCUT2D eigenvalue weighted by molar-refractivity contribution is 6.74. The van der Waals surface area contributed by atoms with Crippen molar-refractivity contribution in [2.24, 2.45) is 0 Å². The number of carbonyl (C=O) groups is 1. The third-order valence-corrected chi connectivity index (χ3v) is 14.2. The zero-order valence-corrected chi connectivity index (χ0v) is 29.6. The largest absolute Gasteiger partial charge is 0.542 e. The van der Waals surface area contributed by atoms with Gasteiger partial charge in [-0.05, 0) is 108 Å². The van der Waals surface area contributed by atoms with Crippen molar-refractivity contribution in [2.45, 2.75) is 90.6 Å². The van der Waals surface area contributed by atoms with E-state index < -0.39 is 25.9 Å². The fraction of sp³-hybridized carbons (Fsp3) is 0.405. The molecule has 3 aromatic carbocycles. The Bertz CT molecular complexity index is 1780. The van der Waals surface area contributed by atoms with Crippen LogP contribution in [0.5, 0.6) is 5.75 Å². The second kappa shape index (κ2) is 13.4. The van der Waals surface area contributed by atoms with E-state index in [0.29, 0.717) is 33.8 Å². The second-order valence-corrected chi connectivity index (χ2v) is 18.9. The molecule has 0 fully saturated rings. The standard InChI is InChI=1S/C37H45ClN2O5Si/c1-8-23-18-26-20-29(21-27(26)19-24(23)9-2)39-22-32(41)30-14-16-33(45-46(6,7)37(3,4)5)35-31(30)15-17-34(42)40(35)44-36(43)25-10-12-28(38)13-11-25/h10-19,29,32,39,41H,8-9,20-22H2,1-7H3/t32-/m0/s1. The van der Waals surface area contributed by atoms with Crippen LogP contribution in [0.1, 0.15) is 78.9 Å². The first-order valence-electron chi connectivity index (χ1n) is 16.1. The number of aromatic nitrogens is 1. The number of halogens is 1. The molecule has 0 saturated carbocycles. The third kappa shape index (κ3) is 6.95. The van der Waals surface area contributed by atoms with Gasteiger partial charge in [-0.3, -0.25) is 4.79 Å². The number of aryl methyl sites for hydroxylation is 2. The minimum absolute atomic E-state index is 0.129. The molecule has 244 valence electrons. The number of nitrogens with zero attached hydrogens (tertiary/aromatic N) is 1. The molecule has 1 aliphatic rings. The van der Waals surface area contributed by atoms with Crippen LogP contribution in [0.25, 0.3) is 10.9 Å². The van der Waals surface area contributed by atoms with Gasteiger partial charge in [0.1, 0.15) is 11.3 Å². The molecule has 0 saturated heterocycles. The Morgan fingerprint density at radius 2 is 1.61 bits per heavy atom. The van der Waals surface area contributed by atoms with Gasteiger partial charge in [-0.15, -0.1) is 4.73 Å². The van der Waals surface area contributed by atoms with E-state index in [1.807, 2.05) is 6.07 Å². The number of carbonyl (C=O) groups excluding carboxylic acids is 1. The van der Waals surface area contributed by atoms with Crippen molar-refractivity contribution in [3.05, 3.63) is 109 Å². The number of benzene rings is 3. The Hall–Kier alpha value is -3.43. The van der Waals surface area contributed by atoms with Gasteiger partial charge in [0, 0.05) is 29.1 Å². The Morgan fingerprint density at radius 1 is 1.00 bits per heavy atom. The lowest BCUT2D eigenvalue weighted by atomic mass is 9.97. The highest BCUT2D eigenvalue weighted by atomic mass is 35.5. The van der Waals surface area contributed by atoms with Gasteiger partial charge in [0.25, 0.3) is 13.9 Å². The number of hydrogen-bond acceptors (Lipinski definition) is 6. The van der Waals surface area contributed by atoms with E-state index in [-0.39, 0.29) is 16.6 Å². The minimum atomic E-state index is -2.38. The fourth-order valence-electron chi connectivity index (χ4n) is 5.90. The molecule has 0 radical (unpaired) electrons. The SMILES string of the molecule is CCc1cc2c(cc1CC)CC(NC[C@H](O)c1ccc(O[Si](C)(C)C(C)(C)C)c3c1ccc(=O)n3OC(=O)c1ccc(Cl)cc1)C2. The summed E-state index contributed by atoms with van der Waals surface area (Å²) in [6, 6.07) is 17.8. The van der Waals surface area contributed by atoms with Gasteiger partial charge in [0.05, 0.1) is 11.7 Å². The smallest absolute Gasteiger partial charge is 0.363 e. The topological polar surface area (TPSA) is 89.8 Å². The normalized spacial score (nSPS) is 14.4. The summed E-state index contributed by atoms with van der Waals surface area (Å²) in [5.74, 6) is -0.285. The van der Waals surface area contributed by atoms with E-state index in [0.717, 1.165) is 30.4 Å². The monoisotopic (exact) mass is 660 g/mol. The van der Waals surface area contributed by atoms with E-state index in [1.54, 1.807) is 36.4 Å². The number of aliphatic hydroxyl groups is 1. The first-order valence-corrected chi connectivity index (χ1v) is 19.4. The molecule has 4 aromatic rings. The van der Waals surface area contributed by atoms with Gasteiger partial charge in [-0.2, -0.15) is 0 Å². The van der Waals surface area contributed by atoms with Crippen LogP contribution < -0.4 is 20.1 Å². The van der Waals surface area contributed by atoms with Crippen molar-refractivity contribution in [3.8, 4) is 5.75 Å². The highest BCUT2D eigenvalue weighted by Crippen LogP contribution is 2.40. The average Bonchev–Trinajstić information content (AvgIpc) is 3.41. The molecule has 0 spiro atoms. The van der Waals surface area contributed by atoms with Crippen molar-refractivity contribution in [3.63, 3.8) is 0 Å². The van der Waals surface area contributed by atoms with E-state index in [4.69, 9.17) is 20.9 Å². The maximum atomic E-state index is 13.3. The zero-order valence-electron chi connectivity index (χ0n) is 27.9. The number of hydrogen-bond donors (Lipinski definition) is 2. The summed E-state index contributed by atoms with van der Waals surface area (Å²) in [5.41, 5.74) is 6.22. The van der Waals surface area contributed by atoms with Crippen molar-refractivity contribution in [1.29, 1.82) is 0 Å². The van der Waals surface area contributed by atoms with Crippen molar-refractivity contribution in [2.75, 3.05) is 6.54 Å². The first-order chi connectivity index (χ1) is 21.7. The molecule has 0 bridgehead atoms. The van der Waals surface area contributed by atoms with Gasteiger partial charge in [0.15, 0.2) is 0 Å². The molecular weight excluding hydrogens is 616 g/mol. The molecule has 7 nitrogen and oxygen atoms in total. The predicted molar refractivity (Wildman–Crippen MR) is 188 cm³/mol.